The molecule has 4 rings (SSSR count). The van der Waals surface area contributed by atoms with Crippen LogP contribution in [0.15, 0.2) is 48.5 Å². The van der Waals surface area contributed by atoms with Gasteiger partial charge in [-0.1, -0.05) is 29.8 Å². The molecule has 4 nitrogen and oxygen atoms in total. The number of carbonyl (C=O) groups is 1. The number of carbonyl (C=O) groups excluding carboxylic acids is 1. The molecule has 0 atom stereocenters. The lowest BCUT2D eigenvalue weighted by molar-refractivity contribution is 0.102. The summed E-state index contributed by atoms with van der Waals surface area (Å²) in [5.74, 6) is -0.158. The van der Waals surface area contributed by atoms with Crippen LogP contribution in [0.3, 0.4) is 0 Å². The number of para-hydroxylation sites is 1. The molecule has 0 radical (unpaired) electrons. The van der Waals surface area contributed by atoms with Gasteiger partial charge in [0, 0.05) is 29.0 Å². The fraction of sp³-hybridized carbons (Fsp3) is 0.211. The first-order valence-electron chi connectivity index (χ1n) is 8.14. The highest BCUT2D eigenvalue weighted by Crippen LogP contribution is 2.32. The number of anilines is 2. The van der Waals surface area contributed by atoms with Gasteiger partial charge in [-0.2, -0.15) is 0 Å². The van der Waals surface area contributed by atoms with Crippen LogP contribution in [-0.4, -0.2) is 24.0 Å². The number of aromatic nitrogens is 1. The third-order valence-corrected chi connectivity index (χ3v) is 4.66. The second kappa shape index (κ2) is 6.21. The average Bonchev–Trinajstić information content (AvgIpc) is 3.24. The third kappa shape index (κ3) is 2.85. The Kier molecular flexibility index (Phi) is 3.90. The van der Waals surface area contributed by atoms with Crippen LogP contribution < -0.4 is 10.2 Å². The molecular weight excluding hydrogens is 322 g/mol. The zero-order valence-electron chi connectivity index (χ0n) is 13.2. The van der Waals surface area contributed by atoms with E-state index in [0.29, 0.717) is 10.7 Å². The van der Waals surface area contributed by atoms with Gasteiger partial charge in [0.1, 0.15) is 5.69 Å². The Morgan fingerprint density at radius 1 is 1.08 bits per heavy atom. The molecule has 0 saturated carbocycles. The molecule has 2 aromatic carbocycles. The molecule has 1 saturated heterocycles. The molecule has 24 heavy (non-hydrogen) atoms. The quantitative estimate of drug-likeness (QED) is 0.728. The maximum absolute atomic E-state index is 12.7. The largest absolute Gasteiger partial charge is 0.370 e. The molecular formula is C19H18ClN3O. The molecule has 2 heterocycles. The third-order valence-electron chi connectivity index (χ3n) is 4.43. The van der Waals surface area contributed by atoms with Gasteiger partial charge in [0.05, 0.1) is 11.4 Å². The van der Waals surface area contributed by atoms with Gasteiger partial charge in [-0.15, -0.1) is 0 Å². The molecule has 3 aromatic rings. The first-order valence-corrected chi connectivity index (χ1v) is 8.52. The van der Waals surface area contributed by atoms with Crippen LogP contribution in [0.1, 0.15) is 23.3 Å². The fourth-order valence-electron chi connectivity index (χ4n) is 3.23. The van der Waals surface area contributed by atoms with Crippen molar-refractivity contribution in [2.24, 2.45) is 0 Å². The van der Waals surface area contributed by atoms with Crippen molar-refractivity contribution in [3.05, 3.63) is 59.2 Å². The van der Waals surface area contributed by atoms with E-state index in [0.717, 1.165) is 35.4 Å². The summed E-state index contributed by atoms with van der Waals surface area (Å²) >= 11 is 6.14. The maximum atomic E-state index is 12.7. The van der Waals surface area contributed by atoms with Gasteiger partial charge in [-0.3, -0.25) is 4.79 Å². The molecule has 5 heteroatoms. The first-order chi connectivity index (χ1) is 11.7. The molecule has 0 spiro atoms. The second-order valence-corrected chi connectivity index (χ2v) is 6.52. The Morgan fingerprint density at radius 2 is 1.88 bits per heavy atom. The number of rotatable bonds is 3. The molecule has 122 valence electrons. The topological polar surface area (TPSA) is 48.1 Å². The Balaban J connectivity index is 1.64. The van der Waals surface area contributed by atoms with Crippen LogP contribution >= 0.6 is 11.6 Å². The number of hydrogen-bond donors (Lipinski definition) is 2. The minimum absolute atomic E-state index is 0.158. The van der Waals surface area contributed by atoms with Crippen molar-refractivity contribution in [3.63, 3.8) is 0 Å². The van der Waals surface area contributed by atoms with Crippen LogP contribution in [0.2, 0.25) is 5.02 Å². The van der Waals surface area contributed by atoms with E-state index in [4.69, 9.17) is 11.6 Å². The number of benzene rings is 2. The summed E-state index contributed by atoms with van der Waals surface area (Å²) in [5.41, 5.74) is 3.28. The summed E-state index contributed by atoms with van der Waals surface area (Å²) < 4.78 is 0. The Bertz CT molecular complexity index is 864. The van der Waals surface area contributed by atoms with Crippen molar-refractivity contribution in [2.45, 2.75) is 12.8 Å². The first kappa shape index (κ1) is 15.1. The zero-order valence-corrected chi connectivity index (χ0v) is 13.9. The van der Waals surface area contributed by atoms with Gasteiger partial charge in [0.2, 0.25) is 0 Å². The van der Waals surface area contributed by atoms with Crippen molar-refractivity contribution >= 4 is 39.8 Å². The van der Waals surface area contributed by atoms with E-state index in [9.17, 15) is 4.79 Å². The van der Waals surface area contributed by atoms with E-state index in [2.05, 4.69) is 15.2 Å². The predicted octanol–water partition coefficient (Wildman–Crippen LogP) is 4.67. The van der Waals surface area contributed by atoms with E-state index in [1.54, 1.807) is 0 Å². The zero-order chi connectivity index (χ0) is 16.5. The van der Waals surface area contributed by atoms with E-state index in [-0.39, 0.29) is 5.91 Å². The molecule has 1 aromatic heterocycles. The molecule has 1 fully saturated rings. The molecule has 2 N–H and O–H groups in total. The number of nitrogens with one attached hydrogen (secondary N) is 2. The second-order valence-electron chi connectivity index (χ2n) is 6.08. The lowest BCUT2D eigenvalue weighted by Gasteiger charge is -2.21. The lowest BCUT2D eigenvalue weighted by atomic mass is 10.2. The maximum Gasteiger partial charge on any atom is 0.272 e. The smallest absolute Gasteiger partial charge is 0.272 e. The summed E-state index contributed by atoms with van der Waals surface area (Å²) in [5, 5.41) is 4.65. The van der Waals surface area contributed by atoms with Gasteiger partial charge in [-0.05, 0) is 43.2 Å². The van der Waals surface area contributed by atoms with Crippen molar-refractivity contribution < 1.29 is 4.79 Å². The highest BCUT2D eigenvalue weighted by molar-refractivity contribution is 6.31. The molecule has 1 aliphatic heterocycles. The van der Waals surface area contributed by atoms with Gasteiger partial charge >= 0.3 is 0 Å². The average molecular weight is 340 g/mol. The van der Waals surface area contributed by atoms with Gasteiger partial charge in [-0.25, -0.2) is 0 Å². The lowest BCUT2D eigenvalue weighted by Crippen LogP contribution is -2.21. The number of aromatic amines is 1. The van der Waals surface area contributed by atoms with Crippen molar-refractivity contribution in [3.8, 4) is 0 Å². The Morgan fingerprint density at radius 3 is 2.67 bits per heavy atom. The van der Waals surface area contributed by atoms with Crippen LogP contribution in [0.5, 0.6) is 0 Å². The molecule has 1 amide bonds. The monoisotopic (exact) mass is 339 g/mol. The Labute approximate surface area is 145 Å². The summed E-state index contributed by atoms with van der Waals surface area (Å²) in [6.07, 6.45) is 2.36. The predicted molar refractivity (Wildman–Crippen MR) is 99.2 cm³/mol. The SMILES string of the molecule is O=C(Nc1cc(Cl)ccc1N1CCCC1)c1cc2ccccc2[nH]1. The van der Waals surface area contributed by atoms with E-state index in [1.165, 1.54) is 12.8 Å². The summed E-state index contributed by atoms with van der Waals surface area (Å²) in [6.45, 7) is 2.02. The van der Waals surface area contributed by atoms with E-state index in [1.807, 2.05) is 48.5 Å². The molecule has 0 unspecified atom stereocenters. The van der Waals surface area contributed by atoms with Gasteiger partial charge < -0.3 is 15.2 Å². The summed E-state index contributed by atoms with van der Waals surface area (Å²) in [7, 11) is 0. The normalized spacial score (nSPS) is 14.3. The van der Waals surface area contributed by atoms with Crippen LogP contribution in [0.4, 0.5) is 11.4 Å². The van der Waals surface area contributed by atoms with Crippen molar-refractivity contribution in [1.29, 1.82) is 0 Å². The fourth-order valence-corrected chi connectivity index (χ4v) is 3.40. The van der Waals surface area contributed by atoms with Crippen LogP contribution in [0, 0.1) is 0 Å². The number of amides is 1. The van der Waals surface area contributed by atoms with Crippen molar-refractivity contribution in [1.82, 2.24) is 4.98 Å². The molecule has 0 aliphatic carbocycles. The highest BCUT2D eigenvalue weighted by Gasteiger charge is 2.18. The van der Waals surface area contributed by atoms with Gasteiger partial charge in [0.15, 0.2) is 0 Å². The summed E-state index contributed by atoms with van der Waals surface area (Å²) in [4.78, 5) is 18.1. The van der Waals surface area contributed by atoms with E-state index < -0.39 is 0 Å². The van der Waals surface area contributed by atoms with Crippen LogP contribution in [0.25, 0.3) is 10.9 Å². The summed E-state index contributed by atoms with van der Waals surface area (Å²) in [6, 6.07) is 15.4. The number of nitrogens with zero attached hydrogens (tertiary/aromatic N) is 1. The van der Waals surface area contributed by atoms with Gasteiger partial charge in [0.25, 0.3) is 5.91 Å². The van der Waals surface area contributed by atoms with Crippen LogP contribution in [-0.2, 0) is 0 Å². The molecule has 0 bridgehead atoms. The minimum Gasteiger partial charge on any atom is -0.370 e. The number of hydrogen-bond acceptors (Lipinski definition) is 2. The van der Waals surface area contributed by atoms with E-state index >= 15 is 0 Å². The molecule has 1 aliphatic rings. The Hall–Kier alpha value is -2.46. The number of fused-ring (bicyclic) bond motifs is 1. The minimum atomic E-state index is -0.158. The highest BCUT2D eigenvalue weighted by atomic mass is 35.5. The number of H-pyrrole nitrogens is 1. The van der Waals surface area contributed by atoms with Crippen molar-refractivity contribution in [2.75, 3.05) is 23.3 Å². The standard InChI is InChI=1S/C19H18ClN3O/c20-14-7-8-18(23-9-3-4-10-23)16(12-14)22-19(24)17-11-13-5-1-2-6-15(13)21-17/h1-2,5-8,11-12,21H,3-4,9-10H2,(H,22,24). The number of halogens is 1.